The van der Waals surface area contributed by atoms with Crippen LogP contribution in [-0.4, -0.2) is 31.4 Å². The molecule has 0 saturated carbocycles. The largest absolute Gasteiger partial charge is 0.384 e. The summed E-state index contributed by atoms with van der Waals surface area (Å²) in [6, 6.07) is 19.2. The smallest absolute Gasteiger partial charge is 0.238 e. The topological polar surface area (TPSA) is 151 Å². The van der Waals surface area contributed by atoms with Crippen molar-refractivity contribution in [3.63, 3.8) is 0 Å². The highest BCUT2D eigenvalue weighted by Gasteiger charge is 2.30. The van der Waals surface area contributed by atoms with Crippen molar-refractivity contribution in [3.05, 3.63) is 83.4 Å². The Morgan fingerprint density at radius 2 is 1.50 bits per heavy atom. The Balaban J connectivity index is 1.65. The molecule has 0 aliphatic heterocycles. The molecule has 12 heteroatoms. The first-order chi connectivity index (χ1) is 17.1. The highest BCUT2D eigenvalue weighted by atomic mass is 35.5. The number of aryl methyl sites for hydroxylation is 2. The lowest BCUT2D eigenvalue weighted by atomic mass is 10.1. The molecule has 36 heavy (non-hydrogen) atoms. The van der Waals surface area contributed by atoms with Gasteiger partial charge in [0.2, 0.25) is 19.9 Å². The Kier molecular flexibility index (Phi) is 5.95. The van der Waals surface area contributed by atoms with Crippen LogP contribution in [0.25, 0.3) is 22.2 Å². The van der Waals surface area contributed by atoms with Gasteiger partial charge in [0.25, 0.3) is 0 Å². The van der Waals surface area contributed by atoms with Crippen LogP contribution >= 0.6 is 11.6 Å². The Labute approximate surface area is 212 Å². The van der Waals surface area contributed by atoms with Crippen LogP contribution < -0.4 is 10.9 Å². The first-order valence-corrected chi connectivity index (χ1v) is 14.1. The Morgan fingerprint density at radius 1 is 0.833 bits per heavy atom. The number of para-hydroxylation sites is 2. The van der Waals surface area contributed by atoms with Gasteiger partial charge in [0.15, 0.2) is 5.65 Å². The normalized spacial score (nSPS) is 12.4. The molecule has 5 aromatic rings. The monoisotopic (exact) mass is 541 g/mol. The summed E-state index contributed by atoms with van der Waals surface area (Å²) in [4.78, 5) is 9.15. The minimum absolute atomic E-state index is 0.00133. The van der Waals surface area contributed by atoms with Crippen LogP contribution in [0, 0.1) is 0 Å². The maximum atomic E-state index is 13.7. The van der Waals surface area contributed by atoms with Crippen molar-refractivity contribution in [1.29, 1.82) is 0 Å². The maximum absolute atomic E-state index is 13.7. The number of aromatic nitrogens is 3. The van der Waals surface area contributed by atoms with Crippen molar-refractivity contribution < 1.29 is 16.8 Å². The molecule has 0 fully saturated rings. The number of fused-ring (bicyclic) bond motifs is 2. The number of nitrogen functional groups attached to an aromatic ring is 1. The van der Waals surface area contributed by atoms with Crippen LogP contribution in [0.3, 0.4) is 0 Å². The van der Waals surface area contributed by atoms with Crippen LogP contribution in [0.4, 0.5) is 5.82 Å². The number of nitrogens with zero attached hydrogens (tertiary/aromatic N) is 3. The van der Waals surface area contributed by atoms with Gasteiger partial charge in [0, 0.05) is 11.6 Å². The van der Waals surface area contributed by atoms with Gasteiger partial charge < -0.3 is 10.3 Å². The molecule has 2 aromatic heterocycles. The summed E-state index contributed by atoms with van der Waals surface area (Å²) in [6.07, 6.45) is 0.421. The molecule has 0 amide bonds. The molecule has 184 valence electrons. The van der Waals surface area contributed by atoms with E-state index in [1.165, 1.54) is 24.3 Å². The van der Waals surface area contributed by atoms with Gasteiger partial charge in [-0.2, -0.15) is 0 Å². The van der Waals surface area contributed by atoms with E-state index in [1.807, 2.05) is 6.07 Å². The van der Waals surface area contributed by atoms with Crippen LogP contribution in [0.2, 0.25) is 5.02 Å². The molecule has 0 bridgehead atoms. The molecule has 5 rings (SSSR count). The zero-order valence-electron chi connectivity index (χ0n) is 18.7. The molecule has 3 aromatic carbocycles. The van der Waals surface area contributed by atoms with Gasteiger partial charge in [-0.25, -0.2) is 31.9 Å². The molecule has 0 saturated heterocycles. The van der Waals surface area contributed by atoms with E-state index >= 15 is 0 Å². The van der Waals surface area contributed by atoms with Crippen molar-refractivity contribution >= 4 is 59.5 Å². The third kappa shape index (κ3) is 4.30. The van der Waals surface area contributed by atoms with Crippen LogP contribution in [0.1, 0.15) is 5.56 Å². The lowest BCUT2D eigenvalue weighted by Gasteiger charge is -2.09. The number of halogens is 1. The number of primary sulfonamides is 1. The van der Waals surface area contributed by atoms with Gasteiger partial charge in [-0.15, -0.1) is 0 Å². The quantitative estimate of drug-likeness (QED) is 0.333. The van der Waals surface area contributed by atoms with Crippen LogP contribution in [0.5, 0.6) is 0 Å². The standard InChI is InChI=1S/C24H20ClN5O4S2/c25-16-4-3-5-18(14-16)35(31,32)22-21-24(29-20-7-2-1-6-19(20)28-21)30(23(22)26)13-12-15-8-10-17(11-9-15)36(27,33)34/h1-11,14H,12-13,26H2,(H2,27,33,34). The number of benzene rings is 3. The fourth-order valence-corrected chi connectivity index (χ4v) is 6.34. The lowest BCUT2D eigenvalue weighted by molar-refractivity contribution is 0.595. The molecule has 0 radical (unpaired) electrons. The molecule has 0 aliphatic rings. The van der Waals surface area contributed by atoms with E-state index in [4.69, 9.17) is 22.5 Å². The average molecular weight is 542 g/mol. The molecule has 9 nitrogen and oxygen atoms in total. The van der Waals surface area contributed by atoms with Gasteiger partial charge in [0.05, 0.1) is 20.8 Å². The minimum Gasteiger partial charge on any atom is -0.384 e. The fourth-order valence-electron chi connectivity index (χ4n) is 4.02. The first-order valence-electron chi connectivity index (χ1n) is 10.7. The SMILES string of the molecule is Nc1c(S(=O)(=O)c2cccc(Cl)c2)c2nc3ccccc3nc2n1CCc1ccc(S(N)(=O)=O)cc1. The summed E-state index contributed by atoms with van der Waals surface area (Å²) >= 11 is 6.06. The summed E-state index contributed by atoms with van der Waals surface area (Å²) in [5.41, 5.74) is 8.87. The van der Waals surface area contributed by atoms with Gasteiger partial charge in [-0.05, 0) is 54.4 Å². The summed E-state index contributed by atoms with van der Waals surface area (Å²) in [5, 5.41) is 5.45. The predicted octanol–water partition coefficient (Wildman–Crippen LogP) is 3.54. The zero-order valence-corrected chi connectivity index (χ0v) is 21.1. The summed E-state index contributed by atoms with van der Waals surface area (Å²) in [5.74, 6) is 0.00133. The van der Waals surface area contributed by atoms with E-state index in [0.29, 0.717) is 23.1 Å². The zero-order chi connectivity index (χ0) is 25.7. The Morgan fingerprint density at radius 3 is 2.14 bits per heavy atom. The molecular weight excluding hydrogens is 522 g/mol. The summed E-state index contributed by atoms with van der Waals surface area (Å²) < 4.78 is 52.1. The average Bonchev–Trinajstić information content (AvgIpc) is 3.11. The van der Waals surface area contributed by atoms with E-state index in [2.05, 4.69) is 9.97 Å². The van der Waals surface area contributed by atoms with Gasteiger partial charge in [-0.3, -0.25) is 0 Å². The Bertz CT molecular complexity index is 1850. The Hall–Kier alpha value is -3.51. The second kappa shape index (κ2) is 8.86. The molecule has 0 unspecified atom stereocenters. The molecule has 0 spiro atoms. The molecule has 0 atom stereocenters. The van der Waals surface area contributed by atoms with E-state index in [-0.39, 0.29) is 37.6 Å². The van der Waals surface area contributed by atoms with Crippen LogP contribution in [-0.2, 0) is 32.8 Å². The van der Waals surface area contributed by atoms with E-state index < -0.39 is 19.9 Å². The maximum Gasteiger partial charge on any atom is 0.238 e. The van der Waals surface area contributed by atoms with Crippen molar-refractivity contribution in [2.45, 2.75) is 27.7 Å². The minimum atomic E-state index is -4.08. The molecule has 4 N–H and O–H groups in total. The second-order valence-corrected chi connectivity index (χ2v) is 12.0. The molecule has 2 heterocycles. The number of sulfonamides is 1. The van der Waals surface area contributed by atoms with Gasteiger partial charge in [0.1, 0.15) is 16.2 Å². The summed E-state index contributed by atoms with van der Waals surface area (Å²) in [6.45, 7) is 0.273. The number of hydrogen-bond acceptors (Lipinski definition) is 7. The molecular formula is C24H20ClN5O4S2. The molecule has 0 aliphatic carbocycles. The number of nitrogens with two attached hydrogens (primary N) is 2. The number of hydrogen-bond donors (Lipinski definition) is 2. The van der Waals surface area contributed by atoms with E-state index in [9.17, 15) is 16.8 Å². The lowest BCUT2D eigenvalue weighted by Crippen LogP contribution is -2.12. The highest BCUT2D eigenvalue weighted by Crippen LogP contribution is 2.36. The first kappa shape index (κ1) is 24.2. The highest BCUT2D eigenvalue weighted by molar-refractivity contribution is 7.92. The van der Waals surface area contributed by atoms with Crippen molar-refractivity contribution in [2.24, 2.45) is 5.14 Å². The van der Waals surface area contributed by atoms with E-state index in [1.54, 1.807) is 47.0 Å². The predicted molar refractivity (Wildman–Crippen MR) is 138 cm³/mol. The van der Waals surface area contributed by atoms with Crippen molar-refractivity contribution in [1.82, 2.24) is 14.5 Å². The second-order valence-electron chi connectivity index (χ2n) is 8.15. The van der Waals surface area contributed by atoms with Crippen molar-refractivity contribution in [2.75, 3.05) is 5.73 Å². The number of anilines is 1. The van der Waals surface area contributed by atoms with E-state index in [0.717, 1.165) is 5.56 Å². The fraction of sp³-hybridized carbons (Fsp3) is 0.0833. The van der Waals surface area contributed by atoms with Crippen molar-refractivity contribution in [3.8, 4) is 0 Å². The van der Waals surface area contributed by atoms with Gasteiger partial charge >= 0.3 is 0 Å². The third-order valence-electron chi connectivity index (χ3n) is 5.80. The van der Waals surface area contributed by atoms with Gasteiger partial charge in [-0.1, -0.05) is 41.9 Å². The number of sulfone groups is 1. The number of rotatable bonds is 6. The van der Waals surface area contributed by atoms with Crippen LogP contribution in [0.15, 0.2) is 87.5 Å². The summed E-state index contributed by atoms with van der Waals surface area (Å²) in [7, 11) is -7.89. The third-order valence-corrected chi connectivity index (χ3v) is 8.78.